The van der Waals surface area contributed by atoms with Gasteiger partial charge < -0.3 is 4.90 Å². The molecule has 0 aliphatic carbocycles. The summed E-state index contributed by atoms with van der Waals surface area (Å²) in [5.41, 5.74) is 1.39. The van der Waals surface area contributed by atoms with Crippen molar-refractivity contribution in [1.29, 1.82) is 0 Å². The molecule has 1 aromatic carbocycles. The number of fused-ring (bicyclic) bond motifs is 1. The lowest BCUT2D eigenvalue weighted by Gasteiger charge is -2.14. The number of hydrogen-bond donors (Lipinski definition) is 0. The molecule has 78 valence electrons. The van der Waals surface area contributed by atoms with Gasteiger partial charge >= 0.3 is 0 Å². The highest BCUT2D eigenvalue weighted by atomic mass is 15.1. The highest BCUT2D eigenvalue weighted by Crippen LogP contribution is 2.25. The van der Waals surface area contributed by atoms with E-state index in [-0.39, 0.29) is 0 Å². The van der Waals surface area contributed by atoms with Crippen LogP contribution in [0.15, 0.2) is 30.5 Å². The standard InChI is InChI=1S/C13H16N2/c1-4-10-6-5-7-12-11(10)8-9-14-13(12)15(2)3/h5-9H,4H2,1-3H3. The lowest BCUT2D eigenvalue weighted by molar-refractivity contribution is 1.08. The minimum absolute atomic E-state index is 1.04. The second kappa shape index (κ2) is 3.89. The molecule has 0 saturated heterocycles. The number of aromatic nitrogens is 1. The molecule has 1 aromatic heterocycles. The Balaban J connectivity index is 2.76. The summed E-state index contributed by atoms with van der Waals surface area (Å²) in [6.45, 7) is 2.19. The van der Waals surface area contributed by atoms with Crippen LogP contribution in [0, 0.1) is 0 Å². The number of benzene rings is 1. The summed E-state index contributed by atoms with van der Waals surface area (Å²) < 4.78 is 0. The molecular weight excluding hydrogens is 184 g/mol. The van der Waals surface area contributed by atoms with Gasteiger partial charge in [-0.25, -0.2) is 4.98 Å². The Morgan fingerprint density at radius 1 is 1.13 bits per heavy atom. The minimum Gasteiger partial charge on any atom is -0.362 e. The predicted octanol–water partition coefficient (Wildman–Crippen LogP) is 2.86. The summed E-state index contributed by atoms with van der Waals surface area (Å²) in [7, 11) is 4.06. The van der Waals surface area contributed by atoms with Crippen LogP contribution in [-0.2, 0) is 6.42 Å². The normalized spacial score (nSPS) is 10.6. The van der Waals surface area contributed by atoms with Gasteiger partial charge in [0.05, 0.1) is 0 Å². The van der Waals surface area contributed by atoms with Crippen LogP contribution in [0.3, 0.4) is 0 Å². The van der Waals surface area contributed by atoms with E-state index in [1.807, 2.05) is 20.3 Å². The van der Waals surface area contributed by atoms with E-state index in [4.69, 9.17) is 0 Å². The number of anilines is 1. The summed E-state index contributed by atoms with van der Waals surface area (Å²) in [6.07, 6.45) is 2.95. The zero-order valence-corrected chi connectivity index (χ0v) is 9.49. The monoisotopic (exact) mass is 200 g/mol. The highest BCUT2D eigenvalue weighted by Gasteiger charge is 2.05. The Morgan fingerprint density at radius 2 is 1.93 bits per heavy atom. The van der Waals surface area contributed by atoms with E-state index >= 15 is 0 Å². The van der Waals surface area contributed by atoms with Gasteiger partial charge in [0.1, 0.15) is 5.82 Å². The van der Waals surface area contributed by atoms with Crippen molar-refractivity contribution in [2.24, 2.45) is 0 Å². The fourth-order valence-electron chi connectivity index (χ4n) is 1.92. The summed E-state index contributed by atoms with van der Waals surface area (Å²) in [5, 5.41) is 2.56. The summed E-state index contributed by atoms with van der Waals surface area (Å²) in [5.74, 6) is 1.04. The lowest BCUT2D eigenvalue weighted by Crippen LogP contribution is -2.11. The number of hydrogen-bond acceptors (Lipinski definition) is 2. The minimum atomic E-state index is 1.04. The summed E-state index contributed by atoms with van der Waals surface area (Å²) >= 11 is 0. The zero-order chi connectivity index (χ0) is 10.8. The van der Waals surface area contributed by atoms with E-state index in [0.29, 0.717) is 0 Å². The molecule has 0 saturated carbocycles. The van der Waals surface area contributed by atoms with Gasteiger partial charge in [-0.2, -0.15) is 0 Å². The van der Waals surface area contributed by atoms with Crippen LogP contribution < -0.4 is 4.90 Å². The van der Waals surface area contributed by atoms with Gasteiger partial charge in [0.25, 0.3) is 0 Å². The molecule has 0 amide bonds. The van der Waals surface area contributed by atoms with Crippen molar-refractivity contribution in [2.75, 3.05) is 19.0 Å². The van der Waals surface area contributed by atoms with Crippen LogP contribution in [0.1, 0.15) is 12.5 Å². The van der Waals surface area contributed by atoms with Crippen LogP contribution in [0.4, 0.5) is 5.82 Å². The van der Waals surface area contributed by atoms with E-state index in [0.717, 1.165) is 12.2 Å². The first kappa shape index (κ1) is 9.97. The molecular formula is C13H16N2. The third kappa shape index (κ3) is 1.67. The molecule has 1 heterocycles. The van der Waals surface area contributed by atoms with Crippen molar-refractivity contribution in [3.8, 4) is 0 Å². The van der Waals surface area contributed by atoms with Gasteiger partial charge in [-0.3, -0.25) is 0 Å². The molecule has 2 heteroatoms. The molecule has 2 rings (SSSR count). The van der Waals surface area contributed by atoms with Gasteiger partial charge in [-0.1, -0.05) is 25.1 Å². The topological polar surface area (TPSA) is 16.1 Å². The summed E-state index contributed by atoms with van der Waals surface area (Å²) in [4.78, 5) is 6.47. The van der Waals surface area contributed by atoms with E-state index in [9.17, 15) is 0 Å². The Hall–Kier alpha value is -1.57. The van der Waals surface area contributed by atoms with Crippen molar-refractivity contribution in [2.45, 2.75) is 13.3 Å². The molecule has 0 aliphatic rings. The average Bonchev–Trinajstić information content (AvgIpc) is 2.27. The van der Waals surface area contributed by atoms with Crippen molar-refractivity contribution >= 4 is 16.6 Å². The third-order valence-corrected chi connectivity index (χ3v) is 2.68. The number of aryl methyl sites for hydroxylation is 1. The number of rotatable bonds is 2. The molecule has 15 heavy (non-hydrogen) atoms. The molecule has 0 aliphatic heterocycles. The van der Waals surface area contributed by atoms with Crippen LogP contribution in [0.2, 0.25) is 0 Å². The maximum absolute atomic E-state index is 4.41. The first-order valence-electron chi connectivity index (χ1n) is 5.28. The largest absolute Gasteiger partial charge is 0.362 e. The molecule has 0 spiro atoms. The van der Waals surface area contributed by atoms with Crippen molar-refractivity contribution in [3.63, 3.8) is 0 Å². The van der Waals surface area contributed by atoms with Crippen LogP contribution in [0.5, 0.6) is 0 Å². The predicted molar refractivity (Wildman–Crippen MR) is 65.4 cm³/mol. The Kier molecular flexibility index (Phi) is 2.58. The molecule has 0 bridgehead atoms. The fraction of sp³-hybridized carbons (Fsp3) is 0.308. The molecule has 0 N–H and O–H groups in total. The molecule has 0 unspecified atom stereocenters. The maximum atomic E-state index is 4.41. The zero-order valence-electron chi connectivity index (χ0n) is 9.49. The molecule has 2 aromatic rings. The van der Waals surface area contributed by atoms with Gasteiger partial charge in [0.15, 0.2) is 0 Å². The maximum Gasteiger partial charge on any atom is 0.135 e. The third-order valence-electron chi connectivity index (χ3n) is 2.68. The average molecular weight is 200 g/mol. The van der Waals surface area contributed by atoms with Crippen molar-refractivity contribution in [1.82, 2.24) is 4.98 Å². The Bertz CT molecular complexity index is 475. The molecule has 2 nitrogen and oxygen atoms in total. The molecule has 0 atom stereocenters. The fourth-order valence-corrected chi connectivity index (χ4v) is 1.92. The van der Waals surface area contributed by atoms with E-state index < -0.39 is 0 Å². The van der Waals surface area contributed by atoms with Crippen LogP contribution in [-0.4, -0.2) is 19.1 Å². The van der Waals surface area contributed by atoms with Gasteiger partial charge in [-0.05, 0) is 23.4 Å². The van der Waals surface area contributed by atoms with Crippen LogP contribution in [0.25, 0.3) is 10.8 Å². The number of pyridine rings is 1. The quantitative estimate of drug-likeness (QED) is 0.741. The van der Waals surface area contributed by atoms with Crippen molar-refractivity contribution in [3.05, 3.63) is 36.0 Å². The highest BCUT2D eigenvalue weighted by molar-refractivity contribution is 5.94. The molecule has 0 fully saturated rings. The molecule has 0 radical (unpaired) electrons. The second-order valence-electron chi connectivity index (χ2n) is 3.89. The van der Waals surface area contributed by atoms with Crippen molar-refractivity contribution < 1.29 is 0 Å². The second-order valence-corrected chi connectivity index (χ2v) is 3.89. The van der Waals surface area contributed by atoms with E-state index in [1.54, 1.807) is 0 Å². The van der Waals surface area contributed by atoms with E-state index in [2.05, 4.69) is 41.1 Å². The summed E-state index contributed by atoms with van der Waals surface area (Å²) in [6, 6.07) is 8.52. The smallest absolute Gasteiger partial charge is 0.135 e. The SMILES string of the molecule is CCc1cccc2c(N(C)C)nccc12. The number of nitrogens with zero attached hydrogens (tertiary/aromatic N) is 2. The van der Waals surface area contributed by atoms with Gasteiger partial charge in [0.2, 0.25) is 0 Å². The Morgan fingerprint density at radius 3 is 2.60 bits per heavy atom. The first-order valence-corrected chi connectivity index (χ1v) is 5.28. The van der Waals surface area contributed by atoms with Gasteiger partial charge in [-0.15, -0.1) is 0 Å². The first-order chi connectivity index (χ1) is 7.24. The Labute approximate surface area is 90.6 Å². The lowest BCUT2D eigenvalue weighted by atomic mass is 10.0. The van der Waals surface area contributed by atoms with E-state index in [1.165, 1.54) is 16.3 Å². The van der Waals surface area contributed by atoms with Crippen LogP contribution >= 0.6 is 0 Å². The van der Waals surface area contributed by atoms with Gasteiger partial charge in [0, 0.05) is 25.7 Å².